The molecule has 1 aliphatic carbocycles. The first-order valence-electron chi connectivity index (χ1n) is 7.34. The summed E-state index contributed by atoms with van der Waals surface area (Å²) in [5.41, 5.74) is -0.172. The van der Waals surface area contributed by atoms with Gasteiger partial charge in [-0.3, -0.25) is 4.90 Å². The summed E-state index contributed by atoms with van der Waals surface area (Å²) in [4.78, 5) is 14.5. The highest BCUT2D eigenvalue weighted by Gasteiger charge is 2.45. The minimum Gasteiger partial charge on any atom is -0.446 e. The largest absolute Gasteiger partial charge is 0.446 e. The van der Waals surface area contributed by atoms with Crippen LogP contribution in [0.5, 0.6) is 0 Å². The fraction of sp³-hybridized carbons (Fsp3) is 0.933. The van der Waals surface area contributed by atoms with Crippen molar-refractivity contribution in [3.8, 4) is 0 Å². The Morgan fingerprint density at radius 2 is 1.50 bits per heavy atom. The molecule has 1 saturated carbocycles. The Morgan fingerprint density at radius 3 is 2.00 bits per heavy atom. The number of carbonyl (C=O) groups is 1. The van der Waals surface area contributed by atoms with Crippen LogP contribution in [-0.4, -0.2) is 28.2 Å². The molecule has 1 aliphatic heterocycles. The summed E-state index contributed by atoms with van der Waals surface area (Å²) in [6, 6.07) is 0. The number of ether oxygens (including phenoxy) is 1. The Labute approximate surface area is 111 Å². The van der Waals surface area contributed by atoms with E-state index in [1.54, 1.807) is 0 Å². The van der Waals surface area contributed by atoms with Gasteiger partial charge in [0.05, 0.1) is 0 Å². The van der Waals surface area contributed by atoms with E-state index in [2.05, 4.69) is 27.7 Å². The lowest BCUT2D eigenvalue weighted by Gasteiger charge is -2.52. The van der Waals surface area contributed by atoms with Gasteiger partial charge in [0, 0.05) is 11.1 Å². The molecule has 1 heterocycles. The van der Waals surface area contributed by atoms with E-state index < -0.39 is 0 Å². The van der Waals surface area contributed by atoms with Crippen LogP contribution >= 0.6 is 0 Å². The monoisotopic (exact) mass is 253 g/mol. The molecule has 0 spiro atoms. The van der Waals surface area contributed by atoms with Gasteiger partial charge in [0.2, 0.25) is 0 Å². The summed E-state index contributed by atoms with van der Waals surface area (Å²) in [5, 5.41) is 0. The number of rotatable bonds is 1. The fourth-order valence-corrected chi connectivity index (χ4v) is 3.69. The molecular formula is C15H27NO2. The van der Waals surface area contributed by atoms with Crippen molar-refractivity contribution in [1.82, 2.24) is 4.90 Å². The van der Waals surface area contributed by atoms with Gasteiger partial charge in [0.15, 0.2) is 0 Å². The smallest absolute Gasteiger partial charge is 0.410 e. The molecule has 0 atom stereocenters. The number of hydrogen-bond acceptors (Lipinski definition) is 2. The second-order valence-electron chi connectivity index (χ2n) is 7.10. The Hall–Kier alpha value is -0.730. The molecule has 3 nitrogen and oxygen atoms in total. The van der Waals surface area contributed by atoms with Crippen LogP contribution in [0.4, 0.5) is 4.79 Å². The van der Waals surface area contributed by atoms with E-state index in [4.69, 9.17) is 4.74 Å². The van der Waals surface area contributed by atoms with Crippen molar-refractivity contribution in [3.63, 3.8) is 0 Å². The molecule has 2 fully saturated rings. The van der Waals surface area contributed by atoms with Crippen molar-refractivity contribution >= 4 is 6.09 Å². The highest BCUT2D eigenvalue weighted by Crippen LogP contribution is 2.39. The number of carbonyl (C=O) groups excluding carboxylic acids is 1. The first kappa shape index (κ1) is 13.7. The lowest BCUT2D eigenvalue weighted by Crippen LogP contribution is -2.61. The lowest BCUT2D eigenvalue weighted by molar-refractivity contribution is -0.0352. The molecule has 2 aliphatic rings. The summed E-state index contributed by atoms with van der Waals surface area (Å²) in [6.07, 6.45) is 7.86. The predicted octanol–water partition coefficient (Wildman–Crippen LogP) is 4.11. The molecule has 1 saturated heterocycles. The third kappa shape index (κ3) is 2.65. The fourth-order valence-electron chi connectivity index (χ4n) is 3.69. The van der Waals surface area contributed by atoms with Gasteiger partial charge >= 0.3 is 6.09 Å². The zero-order valence-corrected chi connectivity index (χ0v) is 12.3. The normalized spacial score (nSPS) is 27.2. The maximum atomic E-state index is 12.5. The molecule has 3 heteroatoms. The van der Waals surface area contributed by atoms with Gasteiger partial charge in [-0.2, -0.15) is 0 Å². The summed E-state index contributed by atoms with van der Waals surface area (Å²) < 4.78 is 5.71. The van der Waals surface area contributed by atoms with Crippen molar-refractivity contribution in [2.75, 3.05) is 0 Å². The molecule has 18 heavy (non-hydrogen) atoms. The van der Waals surface area contributed by atoms with Crippen LogP contribution in [0.15, 0.2) is 0 Å². The molecule has 0 aromatic carbocycles. The van der Waals surface area contributed by atoms with E-state index in [1.165, 1.54) is 19.3 Å². The topological polar surface area (TPSA) is 29.5 Å². The quantitative estimate of drug-likeness (QED) is 0.704. The molecule has 0 unspecified atom stereocenters. The second kappa shape index (κ2) is 4.75. The lowest BCUT2D eigenvalue weighted by atomic mass is 9.80. The van der Waals surface area contributed by atoms with Crippen molar-refractivity contribution in [2.24, 2.45) is 0 Å². The van der Waals surface area contributed by atoms with Crippen LogP contribution in [0.1, 0.15) is 72.6 Å². The Morgan fingerprint density at radius 1 is 1.00 bits per heavy atom. The van der Waals surface area contributed by atoms with Crippen molar-refractivity contribution in [3.05, 3.63) is 0 Å². The SMILES string of the molecule is CC1(C)CCCC(C)(C)N1C(=O)OC1CCCC1. The van der Waals surface area contributed by atoms with Crippen LogP contribution in [0, 0.1) is 0 Å². The predicted molar refractivity (Wildman–Crippen MR) is 72.6 cm³/mol. The number of hydrogen-bond donors (Lipinski definition) is 0. The standard InChI is InChI=1S/C15H27NO2/c1-14(2)10-7-11-15(3,4)16(14)13(17)18-12-8-5-6-9-12/h12H,5-11H2,1-4H3. The Bertz CT molecular complexity index is 300. The van der Waals surface area contributed by atoms with Gasteiger partial charge in [0.1, 0.15) is 6.10 Å². The van der Waals surface area contributed by atoms with Crippen LogP contribution < -0.4 is 0 Å². The van der Waals surface area contributed by atoms with Gasteiger partial charge < -0.3 is 4.74 Å². The van der Waals surface area contributed by atoms with Crippen LogP contribution in [0.25, 0.3) is 0 Å². The van der Waals surface area contributed by atoms with Crippen LogP contribution in [0.2, 0.25) is 0 Å². The van der Waals surface area contributed by atoms with E-state index in [0.29, 0.717) is 0 Å². The Balaban J connectivity index is 2.09. The average molecular weight is 253 g/mol. The maximum Gasteiger partial charge on any atom is 0.410 e. The molecule has 0 radical (unpaired) electrons. The average Bonchev–Trinajstić information content (AvgIpc) is 2.66. The first-order chi connectivity index (χ1) is 8.33. The third-order valence-electron chi connectivity index (χ3n) is 4.54. The van der Waals surface area contributed by atoms with Gasteiger partial charge in [-0.1, -0.05) is 0 Å². The molecule has 1 amide bonds. The minimum atomic E-state index is -0.100. The molecule has 104 valence electrons. The highest BCUT2D eigenvalue weighted by molar-refractivity contribution is 5.70. The summed E-state index contributed by atoms with van der Waals surface area (Å²) in [5.74, 6) is 0. The highest BCUT2D eigenvalue weighted by atomic mass is 16.6. The molecule has 0 aromatic heterocycles. The number of nitrogens with zero attached hydrogens (tertiary/aromatic N) is 1. The van der Waals surface area contributed by atoms with E-state index in [-0.39, 0.29) is 23.3 Å². The summed E-state index contributed by atoms with van der Waals surface area (Å²) in [6.45, 7) is 8.63. The summed E-state index contributed by atoms with van der Waals surface area (Å²) in [7, 11) is 0. The van der Waals surface area contributed by atoms with Crippen LogP contribution in [-0.2, 0) is 4.74 Å². The second-order valence-corrected chi connectivity index (χ2v) is 7.10. The number of piperidine rings is 1. The molecule has 2 rings (SSSR count). The third-order valence-corrected chi connectivity index (χ3v) is 4.54. The van der Waals surface area contributed by atoms with Crippen LogP contribution in [0.3, 0.4) is 0 Å². The number of amides is 1. The van der Waals surface area contributed by atoms with Gasteiger partial charge in [-0.25, -0.2) is 4.79 Å². The molecular weight excluding hydrogens is 226 g/mol. The van der Waals surface area contributed by atoms with Gasteiger partial charge in [0.25, 0.3) is 0 Å². The molecule has 0 N–H and O–H groups in total. The van der Waals surface area contributed by atoms with Crippen molar-refractivity contribution in [1.29, 1.82) is 0 Å². The van der Waals surface area contributed by atoms with E-state index in [0.717, 1.165) is 25.7 Å². The zero-order chi connectivity index (χ0) is 13.4. The van der Waals surface area contributed by atoms with E-state index >= 15 is 0 Å². The first-order valence-corrected chi connectivity index (χ1v) is 7.34. The van der Waals surface area contributed by atoms with Gasteiger partial charge in [-0.15, -0.1) is 0 Å². The van der Waals surface area contributed by atoms with E-state index in [1.807, 2.05) is 4.90 Å². The summed E-state index contributed by atoms with van der Waals surface area (Å²) >= 11 is 0. The minimum absolute atomic E-state index is 0.0859. The molecule has 0 aromatic rings. The maximum absolute atomic E-state index is 12.5. The van der Waals surface area contributed by atoms with Gasteiger partial charge in [-0.05, 0) is 72.6 Å². The molecule has 0 bridgehead atoms. The Kier molecular flexibility index (Phi) is 3.61. The van der Waals surface area contributed by atoms with E-state index in [9.17, 15) is 4.79 Å². The number of likely N-dealkylation sites (tertiary alicyclic amines) is 1. The zero-order valence-electron chi connectivity index (χ0n) is 12.3. The van der Waals surface area contributed by atoms with Crippen molar-refractivity contribution in [2.45, 2.75) is 89.8 Å². The van der Waals surface area contributed by atoms with Crippen molar-refractivity contribution < 1.29 is 9.53 Å².